The molecule has 0 aliphatic rings. The van der Waals surface area contributed by atoms with Crippen LogP contribution in [0.25, 0.3) is 16.8 Å². The van der Waals surface area contributed by atoms with Gasteiger partial charge in [0.1, 0.15) is 5.52 Å². The molecule has 0 amide bonds. The molecule has 3 rings (SSSR count). The third-order valence-corrected chi connectivity index (χ3v) is 3.03. The van der Waals surface area contributed by atoms with Crippen LogP contribution in [0.2, 0.25) is 10.2 Å². The van der Waals surface area contributed by atoms with Crippen LogP contribution in [0.4, 0.5) is 0 Å². The average molecular weight is 264 g/mol. The maximum Gasteiger partial charge on any atom is 0.154 e. The summed E-state index contributed by atoms with van der Waals surface area (Å²) in [4.78, 5) is 4.01. The van der Waals surface area contributed by atoms with Crippen LogP contribution in [-0.4, -0.2) is 14.6 Å². The third-order valence-electron chi connectivity index (χ3n) is 2.48. The van der Waals surface area contributed by atoms with Crippen molar-refractivity contribution < 1.29 is 0 Å². The molecule has 0 fully saturated rings. The molecule has 0 aliphatic heterocycles. The summed E-state index contributed by atoms with van der Waals surface area (Å²) in [5.74, 6) is 0. The molecule has 0 unspecified atom stereocenters. The highest BCUT2D eigenvalue weighted by Gasteiger charge is 2.07. The lowest BCUT2D eigenvalue weighted by molar-refractivity contribution is 0.950. The molecule has 3 nitrogen and oxygen atoms in total. The fourth-order valence-electron chi connectivity index (χ4n) is 1.65. The van der Waals surface area contributed by atoms with Gasteiger partial charge in [-0.1, -0.05) is 35.3 Å². The molecular weight excluding hydrogens is 257 g/mol. The SMILES string of the molecule is Clc1ccc(-c2cc3c(Cl)nccn3n2)cc1. The molecule has 2 aromatic heterocycles. The average Bonchev–Trinajstić information content (AvgIpc) is 2.75. The van der Waals surface area contributed by atoms with Crippen molar-refractivity contribution in [3.63, 3.8) is 0 Å². The van der Waals surface area contributed by atoms with E-state index in [0.29, 0.717) is 10.2 Å². The molecule has 0 radical (unpaired) electrons. The van der Waals surface area contributed by atoms with Gasteiger partial charge in [-0.3, -0.25) is 0 Å². The number of halogens is 2. The maximum atomic E-state index is 5.99. The first-order valence-electron chi connectivity index (χ1n) is 5.00. The van der Waals surface area contributed by atoms with Crippen molar-refractivity contribution >= 4 is 28.7 Å². The summed E-state index contributed by atoms with van der Waals surface area (Å²) in [7, 11) is 0. The molecule has 0 saturated heterocycles. The largest absolute Gasteiger partial charge is 0.241 e. The Morgan fingerprint density at radius 3 is 2.53 bits per heavy atom. The minimum atomic E-state index is 0.445. The topological polar surface area (TPSA) is 30.2 Å². The van der Waals surface area contributed by atoms with Crippen LogP contribution < -0.4 is 0 Å². The van der Waals surface area contributed by atoms with Gasteiger partial charge in [0, 0.05) is 23.0 Å². The van der Waals surface area contributed by atoms with Crippen LogP contribution in [0.15, 0.2) is 42.7 Å². The highest BCUT2D eigenvalue weighted by molar-refractivity contribution is 6.32. The van der Waals surface area contributed by atoms with E-state index in [1.54, 1.807) is 16.9 Å². The van der Waals surface area contributed by atoms with Gasteiger partial charge in [0.25, 0.3) is 0 Å². The fourth-order valence-corrected chi connectivity index (χ4v) is 1.98. The number of hydrogen-bond donors (Lipinski definition) is 0. The monoisotopic (exact) mass is 263 g/mol. The normalized spacial score (nSPS) is 10.9. The van der Waals surface area contributed by atoms with Gasteiger partial charge in [0.05, 0.1) is 5.69 Å². The van der Waals surface area contributed by atoms with Gasteiger partial charge in [-0.05, 0) is 18.2 Å². The van der Waals surface area contributed by atoms with E-state index in [4.69, 9.17) is 23.2 Å². The molecule has 0 spiro atoms. The first-order chi connectivity index (χ1) is 8.24. The summed E-state index contributed by atoms with van der Waals surface area (Å²) in [6, 6.07) is 9.41. The van der Waals surface area contributed by atoms with Gasteiger partial charge in [-0.2, -0.15) is 5.10 Å². The standard InChI is InChI=1S/C12H7Cl2N3/c13-9-3-1-8(2-4-9)10-7-11-12(14)15-5-6-17(11)16-10/h1-7H. The molecule has 1 aromatic carbocycles. The van der Waals surface area contributed by atoms with Crippen LogP contribution in [0.3, 0.4) is 0 Å². The zero-order valence-corrected chi connectivity index (χ0v) is 10.2. The molecular formula is C12H7Cl2N3. The summed E-state index contributed by atoms with van der Waals surface area (Å²) in [6.45, 7) is 0. The van der Waals surface area contributed by atoms with Crippen molar-refractivity contribution in [3.8, 4) is 11.3 Å². The van der Waals surface area contributed by atoms with E-state index in [2.05, 4.69) is 10.1 Å². The second-order valence-corrected chi connectivity index (χ2v) is 4.38. The van der Waals surface area contributed by atoms with Crippen molar-refractivity contribution in [2.24, 2.45) is 0 Å². The lowest BCUT2D eigenvalue weighted by atomic mass is 10.1. The summed E-state index contributed by atoms with van der Waals surface area (Å²) >= 11 is 11.8. The Morgan fingerprint density at radius 2 is 1.82 bits per heavy atom. The van der Waals surface area contributed by atoms with Gasteiger partial charge in [-0.25, -0.2) is 9.50 Å². The summed E-state index contributed by atoms with van der Waals surface area (Å²) in [5.41, 5.74) is 2.63. The predicted octanol–water partition coefficient (Wildman–Crippen LogP) is 3.70. The molecule has 2 heterocycles. The first-order valence-corrected chi connectivity index (χ1v) is 5.75. The molecule has 0 bridgehead atoms. The predicted molar refractivity (Wildman–Crippen MR) is 68.4 cm³/mol. The summed E-state index contributed by atoms with van der Waals surface area (Å²) in [5, 5.41) is 5.57. The van der Waals surface area contributed by atoms with Gasteiger partial charge < -0.3 is 0 Å². The number of aromatic nitrogens is 3. The van der Waals surface area contributed by atoms with Crippen LogP contribution in [0.1, 0.15) is 0 Å². The Balaban J connectivity index is 2.18. The van der Waals surface area contributed by atoms with Crippen molar-refractivity contribution in [2.75, 3.05) is 0 Å². The number of benzene rings is 1. The fraction of sp³-hybridized carbons (Fsp3) is 0. The molecule has 84 valence electrons. The molecule has 0 saturated carbocycles. The molecule has 3 aromatic rings. The van der Waals surface area contributed by atoms with Crippen LogP contribution >= 0.6 is 23.2 Å². The minimum Gasteiger partial charge on any atom is -0.241 e. The van der Waals surface area contributed by atoms with Gasteiger partial charge >= 0.3 is 0 Å². The van der Waals surface area contributed by atoms with E-state index in [1.165, 1.54) is 0 Å². The molecule has 0 aliphatic carbocycles. The summed E-state index contributed by atoms with van der Waals surface area (Å²) in [6.07, 6.45) is 3.38. The van der Waals surface area contributed by atoms with Gasteiger partial charge in [0.15, 0.2) is 5.15 Å². The zero-order chi connectivity index (χ0) is 11.8. The van der Waals surface area contributed by atoms with Crippen LogP contribution in [-0.2, 0) is 0 Å². The highest BCUT2D eigenvalue weighted by Crippen LogP contribution is 2.23. The van der Waals surface area contributed by atoms with E-state index in [0.717, 1.165) is 16.8 Å². The van der Waals surface area contributed by atoms with Gasteiger partial charge in [0.2, 0.25) is 0 Å². The van der Waals surface area contributed by atoms with Crippen LogP contribution in [0, 0.1) is 0 Å². The van der Waals surface area contributed by atoms with Crippen molar-refractivity contribution in [1.29, 1.82) is 0 Å². The third kappa shape index (κ3) is 1.88. The number of nitrogens with zero attached hydrogens (tertiary/aromatic N) is 3. The van der Waals surface area contributed by atoms with Crippen molar-refractivity contribution in [2.45, 2.75) is 0 Å². The van der Waals surface area contributed by atoms with E-state index < -0.39 is 0 Å². The van der Waals surface area contributed by atoms with E-state index >= 15 is 0 Å². The second-order valence-electron chi connectivity index (χ2n) is 3.58. The second kappa shape index (κ2) is 4.02. The van der Waals surface area contributed by atoms with Crippen LogP contribution in [0.5, 0.6) is 0 Å². The maximum absolute atomic E-state index is 5.99. The van der Waals surface area contributed by atoms with E-state index in [9.17, 15) is 0 Å². The first kappa shape index (κ1) is 10.6. The highest BCUT2D eigenvalue weighted by atomic mass is 35.5. The van der Waals surface area contributed by atoms with Crippen molar-refractivity contribution in [1.82, 2.24) is 14.6 Å². The smallest absolute Gasteiger partial charge is 0.154 e. The lowest BCUT2D eigenvalue weighted by Crippen LogP contribution is -1.88. The van der Waals surface area contributed by atoms with Gasteiger partial charge in [-0.15, -0.1) is 0 Å². The quantitative estimate of drug-likeness (QED) is 0.670. The molecule has 0 atom stereocenters. The number of fused-ring (bicyclic) bond motifs is 1. The number of rotatable bonds is 1. The molecule has 17 heavy (non-hydrogen) atoms. The van der Waals surface area contributed by atoms with E-state index in [1.807, 2.05) is 30.3 Å². The van der Waals surface area contributed by atoms with E-state index in [-0.39, 0.29) is 0 Å². The van der Waals surface area contributed by atoms with Crippen molar-refractivity contribution in [3.05, 3.63) is 52.9 Å². The Hall–Kier alpha value is -1.58. The minimum absolute atomic E-state index is 0.445. The molecule has 0 N–H and O–H groups in total. The Morgan fingerprint density at radius 1 is 1.06 bits per heavy atom. The summed E-state index contributed by atoms with van der Waals surface area (Å²) < 4.78 is 1.71. The Bertz CT molecular complexity index is 674. The number of hydrogen-bond acceptors (Lipinski definition) is 2. The zero-order valence-electron chi connectivity index (χ0n) is 8.64. The Labute approximate surface area is 108 Å². The Kier molecular flexibility index (Phi) is 2.50. The molecule has 5 heteroatoms. The lowest BCUT2D eigenvalue weighted by Gasteiger charge is -1.95.